The Morgan fingerprint density at radius 2 is 2.09 bits per heavy atom. The van der Waals surface area contributed by atoms with Crippen LogP contribution in [0.3, 0.4) is 0 Å². The van der Waals surface area contributed by atoms with Crippen molar-refractivity contribution in [3.05, 3.63) is 65.4 Å². The van der Waals surface area contributed by atoms with Gasteiger partial charge in [-0.3, -0.25) is 9.89 Å². The molecule has 0 spiro atoms. The molecule has 0 saturated carbocycles. The fourth-order valence-electron chi connectivity index (χ4n) is 1.94. The van der Waals surface area contributed by atoms with Gasteiger partial charge in [0.25, 0.3) is 5.91 Å². The van der Waals surface area contributed by atoms with Crippen LogP contribution in [0.1, 0.15) is 21.9 Å². The molecule has 116 valence electrons. The molecule has 1 aromatic carbocycles. The summed E-state index contributed by atoms with van der Waals surface area (Å²) < 4.78 is 18.4. The predicted molar refractivity (Wildman–Crippen MR) is 82.5 cm³/mol. The van der Waals surface area contributed by atoms with Gasteiger partial charge in [-0.15, -0.1) is 0 Å². The first-order chi connectivity index (χ1) is 11.1. The van der Waals surface area contributed by atoms with Gasteiger partial charge in [-0.2, -0.15) is 10.2 Å². The number of amides is 1. The number of hydrazone groups is 1. The maximum atomic E-state index is 12.9. The molecule has 2 N–H and O–H groups in total. The number of nitrogens with one attached hydrogen (secondary N) is 2. The van der Waals surface area contributed by atoms with Crippen molar-refractivity contribution in [3.8, 4) is 11.3 Å². The van der Waals surface area contributed by atoms with Crippen LogP contribution < -0.4 is 5.43 Å². The Kier molecular flexibility index (Phi) is 4.01. The molecule has 3 aromatic rings. The summed E-state index contributed by atoms with van der Waals surface area (Å²) in [4.78, 5) is 11.7. The fourth-order valence-corrected chi connectivity index (χ4v) is 1.94. The molecule has 0 aliphatic rings. The SMILES string of the molecule is Cc1cc(C(=O)N/N=C/c2ccc(-c3ccc(F)cc3)o2)n[nH]1. The number of rotatable bonds is 4. The number of carbonyl (C=O) groups is 1. The summed E-state index contributed by atoms with van der Waals surface area (Å²) in [5.74, 6) is 0.317. The van der Waals surface area contributed by atoms with E-state index in [1.807, 2.05) is 0 Å². The highest BCUT2D eigenvalue weighted by molar-refractivity contribution is 5.93. The quantitative estimate of drug-likeness (QED) is 0.574. The first kappa shape index (κ1) is 14.7. The highest BCUT2D eigenvalue weighted by atomic mass is 19.1. The van der Waals surface area contributed by atoms with E-state index in [9.17, 15) is 9.18 Å². The summed E-state index contributed by atoms with van der Waals surface area (Å²) in [7, 11) is 0. The molecule has 6 nitrogen and oxygen atoms in total. The van der Waals surface area contributed by atoms with Crippen LogP contribution in [0.15, 0.2) is 52.0 Å². The largest absolute Gasteiger partial charge is 0.455 e. The Morgan fingerprint density at radius 1 is 1.30 bits per heavy atom. The predicted octanol–water partition coefficient (Wildman–Crippen LogP) is 2.88. The summed E-state index contributed by atoms with van der Waals surface area (Å²) in [6, 6.07) is 11.0. The third-order valence-electron chi connectivity index (χ3n) is 3.05. The molecule has 0 fully saturated rings. The number of H-pyrrole nitrogens is 1. The molecule has 7 heteroatoms. The lowest BCUT2D eigenvalue weighted by molar-refractivity contribution is 0.0950. The normalized spacial score (nSPS) is 11.0. The van der Waals surface area contributed by atoms with Crippen molar-refractivity contribution in [1.29, 1.82) is 0 Å². The van der Waals surface area contributed by atoms with Crippen molar-refractivity contribution < 1.29 is 13.6 Å². The number of furan rings is 1. The third-order valence-corrected chi connectivity index (χ3v) is 3.05. The number of aromatic amines is 1. The molecule has 23 heavy (non-hydrogen) atoms. The van der Waals surface area contributed by atoms with E-state index in [1.54, 1.807) is 37.3 Å². The summed E-state index contributed by atoms with van der Waals surface area (Å²) in [6.45, 7) is 1.80. The number of nitrogens with zero attached hydrogens (tertiary/aromatic N) is 2. The van der Waals surface area contributed by atoms with Gasteiger partial charge in [0.15, 0.2) is 5.69 Å². The number of aromatic nitrogens is 2. The molecule has 2 heterocycles. The number of hydrogen-bond donors (Lipinski definition) is 2. The molecule has 2 aromatic heterocycles. The van der Waals surface area contributed by atoms with E-state index in [1.165, 1.54) is 18.3 Å². The van der Waals surface area contributed by atoms with Gasteiger partial charge in [0.05, 0.1) is 6.21 Å². The Balaban J connectivity index is 1.64. The lowest BCUT2D eigenvalue weighted by Gasteiger charge is -1.96. The summed E-state index contributed by atoms with van der Waals surface area (Å²) in [5.41, 5.74) is 4.15. The van der Waals surface area contributed by atoms with Crippen LogP contribution in [0.5, 0.6) is 0 Å². The summed E-state index contributed by atoms with van der Waals surface area (Å²) >= 11 is 0. The second-order valence-electron chi connectivity index (χ2n) is 4.84. The molecule has 0 bridgehead atoms. The van der Waals surface area contributed by atoms with Crippen LogP contribution in [-0.2, 0) is 0 Å². The molecule has 0 aliphatic heterocycles. The molecule has 1 amide bonds. The minimum atomic E-state index is -0.420. The Bertz CT molecular complexity index is 849. The molecular formula is C16H13FN4O2. The fraction of sp³-hybridized carbons (Fsp3) is 0.0625. The number of halogens is 1. The average molecular weight is 312 g/mol. The second kappa shape index (κ2) is 6.27. The molecule has 3 rings (SSSR count). The number of hydrogen-bond acceptors (Lipinski definition) is 4. The van der Waals surface area contributed by atoms with Crippen molar-refractivity contribution in [3.63, 3.8) is 0 Å². The molecule has 0 atom stereocenters. The summed E-state index contributed by atoms with van der Waals surface area (Å²) in [5, 5.41) is 10.3. The lowest BCUT2D eigenvalue weighted by Crippen LogP contribution is -2.17. The van der Waals surface area contributed by atoms with E-state index in [2.05, 4.69) is 20.7 Å². The Labute approximate surface area is 131 Å². The molecule has 0 radical (unpaired) electrons. The zero-order valence-corrected chi connectivity index (χ0v) is 12.2. The average Bonchev–Trinajstić information content (AvgIpc) is 3.17. The third kappa shape index (κ3) is 3.52. The summed E-state index contributed by atoms with van der Waals surface area (Å²) in [6.07, 6.45) is 1.38. The van der Waals surface area contributed by atoms with E-state index in [0.29, 0.717) is 11.5 Å². The van der Waals surface area contributed by atoms with E-state index in [0.717, 1.165) is 11.3 Å². The highest BCUT2D eigenvalue weighted by Crippen LogP contribution is 2.21. The topological polar surface area (TPSA) is 83.3 Å². The van der Waals surface area contributed by atoms with Crippen molar-refractivity contribution in [2.75, 3.05) is 0 Å². The van der Waals surface area contributed by atoms with Gasteiger partial charge in [0.2, 0.25) is 0 Å². The van der Waals surface area contributed by atoms with Crippen molar-refractivity contribution >= 4 is 12.1 Å². The molecule has 0 aliphatic carbocycles. The van der Waals surface area contributed by atoms with Gasteiger partial charge < -0.3 is 4.42 Å². The Hall–Kier alpha value is -3.22. The zero-order valence-electron chi connectivity index (χ0n) is 12.2. The van der Waals surface area contributed by atoms with Gasteiger partial charge in [-0.05, 0) is 49.4 Å². The van der Waals surface area contributed by atoms with Gasteiger partial charge in [0, 0.05) is 11.3 Å². The second-order valence-corrected chi connectivity index (χ2v) is 4.84. The van der Waals surface area contributed by atoms with Crippen molar-refractivity contribution in [2.24, 2.45) is 5.10 Å². The molecule has 0 unspecified atom stereocenters. The van der Waals surface area contributed by atoms with Crippen molar-refractivity contribution in [1.82, 2.24) is 15.6 Å². The Morgan fingerprint density at radius 3 is 2.78 bits per heavy atom. The van der Waals surface area contributed by atoms with Gasteiger partial charge >= 0.3 is 0 Å². The number of carbonyl (C=O) groups excluding carboxylic acids is 1. The van der Waals surface area contributed by atoms with Crippen LogP contribution in [0.4, 0.5) is 4.39 Å². The van der Waals surface area contributed by atoms with E-state index in [-0.39, 0.29) is 11.5 Å². The van der Waals surface area contributed by atoms with Crippen molar-refractivity contribution in [2.45, 2.75) is 6.92 Å². The number of benzene rings is 1. The van der Waals surface area contributed by atoms with Crippen LogP contribution >= 0.6 is 0 Å². The number of aryl methyl sites for hydroxylation is 1. The maximum Gasteiger partial charge on any atom is 0.291 e. The smallest absolute Gasteiger partial charge is 0.291 e. The molecular weight excluding hydrogens is 299 g/mol. The van der Waals surface area contributed by atoms with Crippen LogP contribution in [0, 0.1) is 12.7 Å². The van der Waals surface area contributed by atoms with Crippen LogP contribution in [0.25, 0.3) is 11.3 Å². The zero-order chi connectivity index (χ0) is 16.2. The van der Waals surface area contributed by atoms with E-state index in [4.69, 9.17) is 4.42 Å². The van der Waals surface area contributed by atoms with Crippen LogP contribution in [-0.4, -0.2) is 22.3 Å². The van der Waals surface area contributed by atoms with Gasteiger partial charge in [-0.25, -0.2) is 9.82 Å². The minimum absolute atomic E-state index is 0.256. The van der Waals surface area contributed by atoms with E-state index < -0.39 is 5.91 Å². The standard InChI is InChI=1S/C16H13FN4O2/c1-10-8-14(20-19-10)16(22)21-18-9-13-6-7-15(23-13)11-2-4-12(17)5-3-11/h2-9H,1H3,(H,19,20)(H,21,22)/b18-9+. The molecule has 0 saturated heterocycles. The monoisotopic (exact) mass is 312 g/mol. The highest BCUT2D eigenvalue weighted by Gasteiger charge is 2.08. The first-order valence-electron chi connectivity index (χ1n) is 6.83. The van der Waals surface area contributed by atoms with Gasteiger partial charge in [0.1, 0.15) is 17.3 Å². The minimum Gasteiger partial charge on any atom is -0.455 e. The van der Waals surface area contributed by atoms with Gasteiger partial charge in [-0.1, -0.05) is 0 Å². The van der Waals surface area contributed by atoms with E-state index >= 15 is 0 Å². The van der Waals surface area contributed by atoms with Crippen LogP contribution in [0.2, 0.25) is 0 Å². The lowest BCUT2D eigenvalue weighted by atomic mass is 10.2. The first-order valence-corrected chi connectivity index (χ1v) is 6.83. The maximum absolute atomic E-state index is 12.9.